The maximum absolute atomic E-state index is 9.87. The summed E-state index contributed by atoms with van der Waals surface area (Å²) in [6.45, 7) is 5.92. The Morgan fingerprint density at radius 1 is 1.26 bits per heavy atom. The summed E-state index contributed by atoms with van der Waals surface area (Å²) < 4.78 is 18.8. The van der Waals surface area contributed by atoms with Gasteiger partial charge in [0.2, 0.25) is 11.8 Å². The highest BCUT2D eigenvalue weighted by Crippen LogP contribution is 2.46. The Kier molecular flexibility index (Phi) is 5.37. The van der Waals surface area contributed by atoms with Gasteiger partial charge in [-0.15, -0.1) is 0 Å². The van der Waals surface area contributed by atoms with E-state index >= 15 is 0 Å². The number of nitrogens with two attached hydrogens (primary N) is 1. The van der Waals surface area contributed by atoms with Gasteiger partial charge in [-0.05, 0) is 36.8 Å². The summed E-state index contributed by atoms with van der Waals surface area (Å²) in [4.78, 5) is 0. The number of nitriles is 1. The topological polar surface area (TPSA) is 95.3 Å². The molecule has 7 nitrogen and oxygen atoms in total. The van der Waals surface area contributed by atoms with Crippen LogP contribution in [0.25, 0.3) is 5.69 Å². The monoisotopic (exact) mass is 414 g/mol. The van der Waals surface area contributed by atoms with Gasteiger partial charge in [-0.25, -0.2) is 4.68 Å². The summed E-state index contributed by atoms with van der Waals surface area (Å²) >= 11 is 0. The van der Waals surface area contributed by atoms with Crippen LogP contribution in [0.3, 0.4) is 0 Å². The van der Waals surface area contributed by atoms with Gasteiger partial charge in [0.25, 0.3) is 0 Å². The largest absolute Gasteiger partial charge is 0.493 e. The van der Waals surface area contributed by atoms with E-state index in [9.17, 15) is 5.26 Å². The van der Waals surface area contributed by atoms with Gasteiger partial charge in [-0.3, -0.25) is 0 Å². The Bertz CT molecular complexity index is 1210. The van der Waals surface area contributed by atoms with E-state index in [1.54, 1.807) is 17.9 Å². The van der Waals surface area contributed by atoms with E-state index in [0.29, 0.717) is 29.6 Å². The molecule has 1 aliphatic rings. The number of hydrogen-bond acceptors (Lipinski definition) is 6. The lowest BCUT2D eigenvalue weighted by Crippen LogP contribution is -2.22. The van der Waals surface area contributed by atoms with Crippen molar-refractivity contribution in [3.05, 3.63) is 89.5 Å². The Balaban J connectivity index is 1.88. The van der Waals surface area contributed by atoms with Crippen LogP contribution in [0.4, 0.5) is 0 Å². The quantitative estimate of drug-likeness (QED) is 0.613. The summed E-state index contributed by atoms with van der Waals surface area (Å²) in [6.07, 6.45) is 1.66. The molecule has 0 bridgehead atoms. The molecule has 31 heavy (non-hydrogen) atoms. The van der Waals surface area contributed by atoms with Crippen LogP contribution in [0.15, 0.2) is 72.6 Å². The van der Waals surface area contributed by atoms with Crippen molar-refractivity contribution in [3.63, 3.8) is 0 Å². The maximum Gasteiger partial charge on any atom is 0.229 e. The van der Waals surface area contributed by atoms with Crippen LogP contribution in [0.5, 0.6) is 17.4 Å². The molecule has 0 amide bonds. The zero-order chi connectivity index (χ0) is 22.0. The number of aryl methyl sites for hydroxylation is 1. The van der Waals surface area contributed by atoms with Crippen molar-refractivity contribution < 1.29 is 14.2 Å². The highest BCUT2D eigenvalue weighted by Gasteiger charge is 2.36. The van der Waals surface area contributed by atoms with Gasteiger partial charge in [-0.1, -0.05) is 36.9 Å². The van der Waals surface area contributed by atoms with E-state index in [2.05, 4.69) is 17.7 Å². The molecule has 2 heterocycles. The molecule has 1 unspecified atom stereocenters. The number of aromatic nitrogens is 2. The molecule has 0 saturated heterocycles. The lowest BCUT2D eigenvalue weighted by Gasteiger charge is -2.25. The van der Waals surface area contributed by atoms with Crippen LogP contribution >= 0.6 is 0 Å². The maximum atomic E-state index is 9.87. The molecule has 4 rings (SSSR count). The normalized spacial score (nSPS) is 14.9. The van der Waals surface area contributed by atoms with E-state index in [-0.39, 0.29) is 5.88 Å². The van der Waals surface area contributed by atoms with Crippen LogP contribution in [0.2, 0.25) is 0 Å². The first-order chi connectivity index (χ1) is 15.1. The zero-order valence-corrected chi connectivity index (χ0v) is 17.3. The highest BCUT2D eigenvalue weighted by molar-refractivity contribution is 5.59. The summed E-state index contributed by atoms with van der Waals surface area (Å²) in [5.74, 6) is 1.25. The minimum Gasteiger partial charge on any atom is -0.493 e. The summed E-state index contributed by atoms with van der Waals surface area (Å²) in [5.41, 5.74) is 9.70. The molecule has 1 aliphatic heterocycles. The van der Waals surface area contributed by atoms with E-state index in [0.717, 1.165) is 22.5 Å². The third kappa shape index (κ3) is 3.49. The molecule has 1 atom stereocenters. The molecule has 0 spiro atoms. The van der Waals surface area contributed by atoms with Crippen LogP contribution in [0.1, 0.15) is 22.7 Å². The first-order valence-corrected chi connectivity index (χ1v) is 9.73. The van der Waals surface area contributed by atoms with Crippen LogP contribution < -0.4 is 19.9 Å². The first-order valence-electron chi connectivity index (χ1n) is 9.73. The average Bonchev–Trinajstić information content (AvgIpc) is 3.13. The highest BCUT2D eigenvalue weighted by atomic mass is 16.5. The third-order valence-electron chi connectivity index (χ3n) is 5.11. The molecular formula is C24H22N4O3. The Labute approximate surface area is 180 Å². The third-order valence-corrected chi connectivity index (χ3v) is 5.11. The fourth-order valence-electron chi connectivity index (χ4n) is 3.72. The second-order valence-corrected chi connectivity index (χ2v) is 6.99. The number of para-hydroxylation sites is 1. The summed E-state index contributed by atoms with van der Waals surface area (Å²) in [7, 11) is 1.57. The van der Waals surface area contributed by atoms with Crippen molar-refractivity contribution in [1.29, 1.82) is 5.26 Å². The molecule has 0 fully saturated rings. The molecular weight excluding hydrogens is 392 g/mol. The fourth-order valence-corrected chi connectivity index (χ4v) is 3.72. The number of hydrogen-bond donors (Lipinski definition) is 1. The summed E-state index contributed by atoms with van der Waals surface area (Å²) in [5, 5.41) is 14.5. The smallest absolute Gasteiger partial charge is 0.229 e. The van der Waals surface area contributed by atoms with Crippen LogP contribution in [0, 0.1) is 18.3 Å². The minimum absolute atomic E-state index is 0.0584. The number of fused-ring (bicyclic) bond motifs is 1. The molecule has 0 radical (unpaired) electrons. The molecule has 1 aromatic heterocycles. The van der Waals surface area contributed by atoms with Crippen molar-refractivity contribution in [2.45, 2.75) is 12.8 Å². The van der Waals surface area contributed by atoms with Gasteiger partial charge in [-0.2, -0.15) is 10.4 Å². The zero-order valence-electron chi connectivity index (χ0n) is 17.3. The lowest BCUT2D eigenvalue weighted by atomic mass is 9.84. The molecule has 3 aromatic rings. The number of rotatable bonds is 6. The first kappa shape index (κ1) is 20.1. The molecule has 0 aliphatic carbocycles. The standard InChI is InChI=1S/C24H22N4O3/c1-4-12-30-19-11-10-16(13-20(19)29-3)22-18(14-25)23(26)31-24-21(22)15(2)27-28(24)17-8-6-5-7-9-17/h4-11,13,22H,1,12,26H2,2-3H3. The van der Waals surface area contributed by atoms with E-state index in [1.165, 1.54) is 0 Å². The number of benzene rings is 2. The second-order valence-electron chi connectivity index (χ2n) is 6.99. The van der Waals surface area contributed by atoms with Crippen molar-refractivity contribution in [2.75, 3.05) is 13.7 Å². The minimum atomic E-state index is -0.450. The number of allylic oxidation sites excluding steroid dienone is 1. The van der Waals surface area contributed by atoms with Gasteiger partial charge < -0.3 is 19.9 Å². The van der Waals surface area contributed by atoms with Gasteiger partial charge in [0.15, 0.2) is 11.5 Å². The SMILES string of the molecule is C=CCOc1ccc(C2C(C#N)=C(N)Oc3c2c(C)nn3-c2ccccc2)cc1OC. The van der Waals surface area contributed by atoms with Crippen LogP contribution in [-0.4, -0.2) is 23.5 Å². The number of methoxy groups -OCH3 is 1. The average molecular weight is 414 g/mol. The fraction of sp³-hybridized carbons (Fsp3) is 0.167. The van der Waals surface area contributed by atoms with Crippen LogP contribution in [-0.2, 0) is 0 Å². The second kappa shape index (κ2) is 8.28. The van der Waals surface area contributed by atoms with Crippen molar-refractivity contribution in [2.24, 2.45) is 5.73 Å². The molecule has 2 aromatic carbocycles. The molecule has 7 heteroatoms. The lowest BCUT2D eigenvalue weighted by molar-refractivity contribution is 0.326. The molecule has 2 N–H and O–H groups in total. The van der Waals surface area contributed by atoms with E-state index in [4.69, 9.17) is 19.9 Å². The Hall–Kier alpha value is -4.18. The molecule has 0 saturated carbocycles. The van der Waals surface area contributed by atoms with Gasteiger partial charge in [0.1, 0.15) is 18.2 Å². The number of ether oxygens (including phenoxy) is 3. The van der Waals surface area contributed by atoms with Gasteiger partial charge in [0.05, 0.1) is 30.0 Å². The predicted molar refractivity (Wildman–Crippen MR) is 116 cm³/mol. The Morgan fingerprint density at radius 2 is 2.03 bits per heavy atom. The Morgan fingerprint density at radius 3 is 2.71 bits per heavy atom. The summed E-state index contributed by atoms with van der Waals surface area (Å²) in [6, 6.07) is 17.4. The van der Waals surface area contributed by atoms with E-state index in [1.807, 2.05) is 55.5 Å². The molecule has 156 valence electrons. The number of nitrogens with zero attached hydrogens (tertiary/aromatic N) is 3. The van der Waals surface area contributed by atoms with Crippen molar-refractivity contribution in [1.82, 2.24) is 9.78 Å². The van der Waals surface area contributed by atoms with Crippen molar-refractivity contribution in [3.8, 4) is 29.1 Å². The van der Waals surface area contributed by atoms with Crippen molar-refractivity contribution >= 4 is 0 Å². The predicted octanol–water partition coefficient (Wildman–Crippen LogP) is 3.97. The van der Waals surface area contributed by atoms with E-state index < -0.39 is 5.92 Å². The van der Waals surface area contributed by atoms with Gasteiger partial charge >= 0.3 is 0 Å². The van der Waals surface area contributed by atoms with Gasteiger partial charge in [0, 0.05) is 0 Å².